The highest BCUT2D eigenvalue weighted by Crippen LogP contribution is 2.24. The second kappa shape index (κ2) is 48.2. The van der Waals surface area contributed by atoms with E-state index in [4.69, 9.17) is 19.9 Å². The van der Waals surface area contributed by atoms with Crippen molar-refractivity contribution < 1.29 is 96.0 Å². The number of H-pyrrole nitrogens is 1. The van der Waals surface area contributed by atoms with Crippen LogP contribution in [0, 0.1) is 11.8 Å². The molecule has 15 atom stereocenters. The highest BCUT2D eigenvalue weighted by atomic mass is 16.6. The standard InChI is InChI=1S/C87H119N17O20/c1-12-51(4)71(80(114)91-46-69(107)99-70(50(2)3)79(113)90-45-68(106)93-53(6)83(117)104-40-26-36-66(104)85(119)120)100-74(108)52(5)94-81(115)72(54(7)122-47-58-31-21-15-22-32-58)101-75(109)61(37-38-67(88)105)95-78(112)65-35-25-39-103(65)84(118)64(42-57-29-19-14-20-30-57)97-82(116)73(55(8)123-48-59-33-23-16-24-34-59)102-77(111)63(43-60-44-89-49-92-60)96-76(110)62(41-56-27-17-13-18-28-56)98-86(121)124-87(9,10)11/h13-24,27-34,44,49-55,61-66,70-73H,12,25-26,35-43,45-48H2,1-11H3,(H2,88,105)(H,89,92)(H,90,113)(H,91,114)(H,93,106)(H,94,115)(H,95,112)(H,96,110)(H,97,116)(H,98,121)(H,99,107)(H,100,108)(H,101,109)(H,102,111)(H,119,120)/t51-,52-,53-,54+,55+,61-,62-,63-,64-,65-,66-,70-,71-,72-,73-/m0/s1. The number of carbonyl (C=O) groups is 16. The van der Waals surface area contributed by atoms with Gasteiger partial charge in [0.25, 0.3) is 0 Å². The number of nitrogens with zero attached hydrogens (tertiary/aromatic N) is 3. The van der Waals surface area contributed by atoms with Crippen LogP contribution < -0.4 is 69.5 Å². The average Bonchev–Trinajstić information content (AvgIpc) is 1.56. The second-order valence-corrected chi connectivity index (χ2v) is 32.3. The van der Waals surface area contributed by atoms with Gasteiger partial charge in [-0.15, -0.1) is 0 Å². The molecule has 4 aromatic carbocycles. The number of carboxylic acid groups (broad SMARTS) is 1. The maximum atomic E-state index is 15.5. The minimum Gasteiger partial charge on any atom is -0.480 e. The lowest BCUT2D eigenvalue weighted by Gasteiger charge is -2.32. The summed E-state index contributed by atoms with van der Waals surface area (Å²) in [6, 6.07) is 18.5. The van der Waals surface area contributed by atoms with Crippen LogP contribution in [0.5, 0.6) is 0 Å². The van der Waals surface area contributed by atoms with Gasteiger partial charge in [-0.2, -0.15) is 0 Å². The molecule has 2 aliphatic rings. The summed E-state index contributed by atoms with van der Waals surface area (Å²) in [4.78, 5) is 233. The van der Waals surface area contributed by atoms with Crippen LogP contribution in [-0.4, -0.2) is 236 Å². The SMILES string of the molecule is CC[C@H](C)[C@H](NC(=O)[C@H](C)NC(=O)[C@@H](NC(=O)[C@H](CCC(N)=O)NC(=O)[C@@H]1CCCN1C(=O)[C@H](Cc1ccccc1)NC(=O)[C@@H](NC(=O)[C@H](Cc1c[nH]cn1)NC(=O)[C@H](Cc1ccccc1)NC(=O)OC(C)(C)C)[C@@H](C)OCc1ccccc1)[C@@H](C)OCc1ccccc1)C(=O)NCC(=O)N[C@H](C(=O)NCC(=O)N[C@@H](C)C(=O)N1CCC[C@H]1C(=O)O)C(C)C. The van der Waals surface area contributed by atoms with Crippen LogP contribution in [-0.2, 0) is 119 Å². The molecule has 1 aromatic heterocycles. The zero-order chi connectivity index (χ0) is 90.9. The van der Waals surface area contributed by atoms with Crippen LogP contribution in [0.15, 0.2) is 134 Å². The van der Waals surface area contributed by atoms with Crippen LogP contribution in [0.1, 0.15) is 149 Å². The van der Waals surface area contributed by atoms with Crippen molar-refractivity contribution in [3.8, 4) is 0 Å². The Kier molecular flexibility index (Phi) is 38.3. The molecule has 0 unspecified atom stereocenters. The van der Waals surface area contributed by atoms with E-state index in [2.05, 4.69) is 73.8 Å². The number of alkyl carbamates (subject to hydrolysis) is 1. The zero-order valence-electron chi connectivity index (χ0n) is 71.9. The van der Waals surface area contributed by atoms with Crippen LogP contribution in [0.3, 0.4) is 0 Å². The summed E-state index contributed by atoms with van der Waals surface area (Å²) in [6.07, 6.45) is -0.430. The molecule has 37 heteroatoms. The summed E-state index contributed by atoms with van der Waals surface area (Å²) < 4.78 is 18.0. The number of ether oxygens (including phenoxy) is 3. The molecule has 5 aromatic rings. The molecule has 2 saturated heterocycles. The Balaban J connectivity index is 1.06. The summed E-state index contributed by atoms with van der Waals surface area (Å²) in [7, 11) is 0. The number of hydrogen-bond acceptors (Lipinski definition) is 20. The van der Waals surface area contributed by atoms with Crippen molar-refractivity contribution in [2.75, 3.05) is 26.2 Å². The number of nitrogens with one attached hydrogen (secondary N) is 13. The normalized spacial score (nSPS) is 16.9. The van der Waals surface area contributed by atoms with E-state index in [0.717, 1.165) is 0 Å². The van der Waals surface area contributed by atoms with Crippen molar-refractivity contribution in [3.05, 3.63) is 162 Å². The van der Waals surface area contributed by atoms with Gasteiger partial charge in [0, 0.05) is 45.0 Å². The number of aromatic nitrogens is 2. The van der Waals surface area contributed by atoms with Gasteiger partial charge in [-0.05, 0) is 115 Å². The van der Waals surface area contributed by atoms with Crippen LogP contribution in [0.25, 0.3) is 0 Å². The van der Waals surface area contributed by atoms with Crippen molar-refractivity contribution in [2.45, 2.75) is 244 Å². The number of primary amides is 1. The van der Waals surface area contributed by atoms with Crippen LogP contribution in [0.2, 0.25) is 0 Å². The van der Waals surface area contributed by atoms with E-state index in [0.29, 0.717) is 40.8 Å². The molecule has 0 bridgehead atoms. The van der Waals surface area contributed by atoms with E-state index in [1.807, 2.05) is 0 Å². The predicted molar refractivity (Wildman–Crippen MR) is 452 cm³/mol. The van der Waals surface area contributed by atoms with Gasteiger partial charge in [0.15, 0.2) is 0 Å². The lowest BCUT2D eigenvalue weighted by atomic mass is 9.98. The van der Waals surface area contributed by atoms with Gasteiger partial charge >= 0.3 is 12.1 Å². The minimum absolute atomic E-state index is 0.0285. The van der Waals surface area contributed by atoms with Crippen LogP contribution in [0.4, 0.5) is 4.79 Å². The first-order chi connectivity index (χ1) is 58.9. The summed E-state index contributed by atoms with van der Waals surface area (Å²) >= 11 is 0. The van der Waals surface area contributed by atoms with E-state index in [1.54, 1.807) is 170 Å². The molecule has 3 heterocycles. The number of benzene rings is 4. The molecule has 0 saturated carbocycles. The lowest BCUT2D eigenvalue weighted by Crippen LogP contribution is -2.63. The Hall–Kier alpha value is -12.7. The quantitative estimate of drug-likeness (QED) is 0.0260. The average molecular weight is 1720 g/mol. The highest BCUT2D eigenvalue weighted by molar-refractivity contribution is 6.00. The number of rotatable bonds is 46. The Bertz CT molecular complexity index is 4450. The third kappa shape index (κ3) is 31.3. The van der Waals surface area contributed by atoms with Gasteiger partial charge in [-0.3, -0.25) is 67.1 Å². The van der Waals surface area contributed by atoms with E-state index in [1.165, 1.54) is 50.0 Å². The number of hydrogen-bond donors (Lipinski definition) is 15. The molecule has 2 aliphatic heterocycles. The van der Waals surface area contributed by atoms with Crippen molar-refractivity contribution in [1.82, 2.24) is 83.6 Å². The lowest BCUT2D eigenvalue weighted by molar-refractivity contribution is -0.149. The summed E-state index contributed by atoms with van der Waals surface area (Å²) in [6.45, 7) is 16.0. The van der Waals surface area contributed by atoms with E-state index < -0.39 is 223 Å². The van der Waals surface area contributed by atoms with Crippen molar-refractivity contribution in [2.24, 2.45) is 17.6 Å². The third-order valence-electron chi connectivity index (χ3n) is 21.0. The van der Waals surface area contributed by atoms with Crippen LogP contribution >= 0.6 is 0 Å². The maximum absolute atomic E-state index is 15.5. The van der Waals surface area contributed by atoms with E-state index in [9.17, 15) is 67.4 Å². The molecule has 0 aliphatic carbocycles. The van der Waals surface area contributed by atoms with Gasteiger partial charge in [0.2, 0.25) is 82.7 Å². The molecular formula is C87H119N17O20. The topological polar surface area (TPSA) is 527 Å². The summed E-state index contributed by atoms with van der Waals surface area (Å²) in [5, 5.41) is 41.0. The van der Waals surface area contributed by atoms with Crippen molar-refractivity contribution in [1.29, 1.82) is 0 Å². The third-order valence-corrected chi connectivity index (χ3v) is 21.0. The number of aromatic amines is 1. The summed E-state index contributed by atoms with van der Waals surface area (Å²) in [5.74, 6) is -14.2. The first-order valence-electron chi connectivity index (χ1n) is 41.6. The molecule has 7 rings (SSSR count). The Morgan fingerprint density at radius 2 is 0.935 bits per heavy atom. The fourth-order valence-electron chi connectivity index (χ4n) is 13.9. The monoisotopic (exact) mass is 1720 g/mol. The Labute approximate surface area is 720 Å². The molecule has 0 radical (unpaired) electrons. The van der Waals surface area contributed by atoms with Gasteiger partial charge in [-0.1, -0.05) is 155 Å². The number of likely N-dealkylation sites (tertiary alicyclic amines) is 2. The predicted octanol–water partition coefficient (Wildman–Crippen LogP) is 1.21. The first kappa shape index (κ1) is 98.4. The molecule has 0 spiro atoms. The molecule has 2 fully saturated rings. The second-order valence-electron chi connectivity index (χ2n) is 32.3. The molecule has 16 N–H and O–H groups in total. The van der Waals surface area contributed by atoms with Gasteiger partial charge in [-0.25, -0.2) is 14.6 Å². The van der Waals surface area contributed by atoms with Gasteiger partial charge in [0.1, 0.15) is 78.1 Å². The highest BCUT2D eigenvalue weighted by Gasteiger charge is 2.44. The fourth-order valence-corrected chi connectivity index (χ4v) is 13.9. The number of imidazole rings is 1. The smallest absolute Gasteiger partial charge is 0.408 e. The Morgan fingerprint density at radius 3 is 1.43 bits per heavy atom. The number of amides is 15. The molecule has 15 amide bonds. The first-order valence-corrected chi connectivity index (χ1v) is 41.6. The fraction of sp³-hybridized carbons (Fsp3) is 0.506. The van der Waals surface area contributed by atoms with E-state index >= 15 is 14.4 Å². The molecule has 37 nitrogen and oxygen atoms in total. The molecular weight excluding hydrogens is 1600 g/mol. The molecule has 124 heavy (non-hydrogen) atoms. The largest absolute Gasteiger partial charge is 0.480 e. The number of carbonyl (C=O) groups excluding carboxylic acids is 15. The number of nitrogens with two attached hydrogens (primary N) is 1. The van der Waals surface area contributed by atoms with Gasteiger partial charge in [0.05, 0.1) is 50.5 Å². The van der Waals surface area contributed by atoms with Crippen molar-refractivity contribution in [3.63, 3.8) is 0 Å². The van der Waals surface area contributed by atoms with E-state index in [-0.39, 0.29) is 64.8 Å². The van der Waals surface area contributed by atoms with Gasteiger partial charge < -0.3 is 104 Å². The summed E-state index contributed by atoms with van der Waals surface area (Å²) in [5.41, 5.74) is 7.63. The molecule has 672 valence electrons. The maximum Gasteiger partial charge on any atom is 0.408 e. The number of carboxylic acids is 1. The minimum atomic E-state index is -1.67. The Morgan fingerprint density at radius 1 is 0.484 bits per heavy atom. The number of aliphatic carboxylic acids is 1. The zero-order valence-corrected chi connectivity index (χ0v) is 71.9. The van der Waals surface area contributed by atoms with Crippen molar-refractivity contribution >= 4 is 94.8 Å².